The first-order valence-corrected chi connectivity index (χ1v) is 12.2. The number of rotatable bonds is 0. The first-order chi connectivity index (χ1) is 16.9. The summed E-state index contributed by atoms with van der Waals surface area (Å²) in [6, 6.07) is 4.07. The lowest BCUT2D eigenvalue weighted by Crippen LogP contribution is -2.38. The van der Waals surface area contributed by atoms with E-state index in [1.54, 1.807) is 13.0 Å². The number of aliphatic hydroxyl groups is 2. The number of alkyl halides is 3. The highest BCUT2D eigenvalue weighted by Gasteiger charge is 2.55. The molecular weight excluding hydrogens is 473 g/mol. The van der Waals surface area contributed by atoms with E-state index in [1.807, 2.05) is 13.8 Å². The van der Waals surface area contributed by atoms with Gasteiger partial charge in [-0.05, 0) is 40.7 Å². The lowest BCUT2D eigenvalue weighted by atomic mass is 9.67. The van der Waals surface area contributed by atoms with E-state index in [0.717, 1.165) is 17.2 Å². The molecule has 1 spiro atoms. The molecule has 2 aliphatic heterocycles. The van der Waals surface area contributed by atoms with Crippen molar-refractivity contribution in [3.8, 4) is 6.07 Å². The zero-order valence-corrected chi connectivity index (χ0v) is 20.2. The number of hydrogen-bond acceptors (Lipinski definition) is 6. The number of benzene rings is 1. The van der Waals surface area contributed by atoms with Gasteiger partial charge in [0.2, 0.25) is 0 Å². The lowest BCUT2D eigenvalue weighted by Gasteiger charge is -2.42. The average Bonchev–Trinajstić information content (AvgIpc) is 3.14. The third kappa shape index (κ3) is 3.08. The maximum Gasteiger partial charge on any atom is 0.417 e. The average molecular weight is 501 g/mol. The molecule has 6 rings (SSSR count). The van der Waals surface area contributed by atoms with Crippen LogP contribution in [0.4, 0.5) is 13.2 Å². The Kier molecular flexibility index (Phi) is 4.98. The van der Waals surface area contributed by atoms with Gasteiger partial charge in [0.1, 0.15) is 12.2 Å². The first kappa shape index (κ1) is 23.9. The number of nitrogens with zero attached hydrogens (tertiary/aromatic N) is 2. The molecule has 3 unspecified atom stereocenters. The van der Waals surface area contributed by atoms with Crippen LogP contribution in [0.3, 0.4) is 0 Å². The standard InChI is InChI=1S/C27H27F3N2O4/c1-12-14-9-16(27(28,29)30)13(11-31)8-15(14)23-19-20(26(36-23)4-6-35-7-5-26)18-17(33)10-25(2,3)24(34)22(18)32-21(12)19/h8-9,12,17,23-24,33-34H,4-7,10H2,1-3H3/t12?,17?,23?,24-/m0/s1. The van der Waals surface area contributed by atoms with E-state index in [2.05, 4.69) is 0 Å². The maximum atomic E-state index is 13.8. The molecule has 36 heavy (non-hydrogen) atoms. The van der Waals surface area contributed by atoms with Crippen LogP contribution < -0.4 is 0 Å². The molecule has 6 nitrogen and oxygen atoms in total. The number of pyridine rings is 1. The van der Waals surface area contributed by atoms with E-state index in [-0.39, 0.29) is 0 Å². The molecule has 1 aromatic heterocycles. The van der Waals surface area contributed by atoms with Crippen molar-refractivity contribution in [2.45, 2.75) is 76.0 Å². The summed E-state index contributed by atoms with van der Waals surface area (Å²) >= 11 is 0. The smallest absolute Gasteiger partial charge is 0.388 e. The van der Waals surface area contributed by atoms with Crippen LogP contribution in [0.15, 0.2) is 12.1 Å². The Morgan fingerprint density at radius 1 is 1.08 bits per heavy atom. The summed E-state index contributed by atoms with van der Waals surface area (Å²) in [5.74, 6) is -0.530. The first-order valence-electron chi connectivity index (χ1n) is 12.2. The van der Waals surface area contributed by atoms with Gasteiger partial charge >= 0.3 is 6.18 Å². The van der Waals surface area contributed by atoms with Crippen molar-refractivity contribution in [3.05, 3.63) is 62.5 Å². The van der Waals surface area contributed by atoms with Crippen LogP contribution in [0.5, 0.6) is 0 Å². The Balaban J connectivity index is 1.67. The largest absolute Gasteiger partial charge is 0.417 e. The van der Waals surface area contributed by atoms with Gasteiger partial charge in [0.05, 0.1) is 40.3 Å². The molecule has 1 aromatic carbocycles. The topological polar surface area (TPSA) is 95.6 Å². The van der Waals surface area contributed by atoms with Gasteiger partial charge in [-0.3, -0.25) is 4.98 Å². The summed E-state index contributed by atoms with van der Waals surface area (Å²) in [5.41, 5.74) is 1.12. The molecule has 190 valence electrons. The van der Waals surface area contributed by atoms with Gasteiger partial charge in [-0.15, -0.1) is 0 Å². The number of hydrogen-bond donors (Lipinski definition) is 2. The Labute approximate surface area is 206 Å². The third-order valence-electron chi connectivity index (χ3n) is 8.55. The van der Waals surface area contributed by atoms with Crippen LogP contribution in [-0.4, -0.2) is 28.4 Å². The number of aromatic nitrogens is 1. The summed E-state index contributed by atoms with van der Waals surface area (Å²) in [4.78, 5) is 4.86. The molecule has 4 atom stereocenters. The van der Waals surface area contributed by atoms with Crippen molar-refractivity contribution >= 4 is 0 Å². The molecule has 1 fully saturated rings. The normalized spacial score (nSPS) is 29.3. The monoisotopic (exact) mass is 500 g/mol. The van der Waals surface area contributed by atoms with Crippen molar-refractivity contribution in [1.29, 1.82) is 5.26 Å². The third-order valence-corrected chi connectivity index (χ3v) is 8.55. The Hall–Kier alpha value is -2.51. The minimum Gasteiger partial charge on any atom is -0.388 e. The minimum atomic E-state index is -4.68. The fourth-order valence-corrected chi connectivity index (χ4v) is 6.71. The second kappa shape index (κ2) is 7.51. The van der Waals surface area contributed by atoms with Crippen molar-refractivity contribution in [2.75, 3.05) is 13.2 Å². The quantitative estimate of drug-likeness (QED) is 0.525. The molecule has 0 bridgehead atoms. The summed E-state index contributed by atoms with van der Waals surface area (Å²) in [7, 11) is 0. The van der Waals surface area contributed by atoms with E-state index < -0.39 is 52.5 Å². The van der Waals surface area contributed by atoms with Gasteiger partial charge in [-0.25, -0.2) is 0 Å². The van der Waals surface area contributed by atoms with Crippen molar-refractivity contribution in [1.82, 2.24) is 4.98 Å². The zero-order chi connectivity index (χ0) is 25.8. The molecular formula is C27H27F3N2O4. The fraction of sp³-hybridized carbons (Fsp3) is 0.556. The molecule has 2 aromatic rings. The highest BCUT2D eigenvalue weighted by Crippen LogP contribution is 2.61. The van der Waals surface area contributed by atoms with Crippen LogP contribution in [0, 0.1) is 16.7 Å². The Bertz CT molecular complexity index is 1320. The van der Waals surface area contributed by atoms with Gasteiger partial charge in [0.25, 0.3) is 0 Å². The predicted molar refractivity (Wildman–Crippen MR) is 121 cm³/mol. The van der Waals surface area contributed by atoms with Gasteiger partial charge < -0.3 is 19.7 Å². The highest BCUT2D eigenvalue weighted by molar-refractivity contribution is 5.62. The van der Waals surface area contributed by atoms with Crippen LogP contribution in [0.2, 0.25) is 0 Å². The Morgan fingerprint density at radius 2 is 1.78 bits per heavy atom. The summed E-state index contributed by atoms with van der Waals surface area (Å²) in [6.45, 7) is 6.39. The molecule has 1 saturated heterocycles. The van der Waals surface area contributed by atoms with E-state index in [4.69, 9.17) is 14.5 Å². The van der Waals surface area contributed by atoms with E-state index >= 15 is 0 Å². The van der Waals surface area contributed by atoms with Gasteiger partial charge in [-0.2, -0.15) is 18.4 Å². The second-order valence-electron chi connectivity index (χ2n) is 11.2. The van der Waals surface area contributed by atoms with Crippen molar-refractivity contribution in [2.24, 2.45) is 5.41 Å². The number of nitriles is 1. The van der Waals surface area contributed by atoms with Crippen LogP contribution in [0.25, 0.3) is 0 Å². The zero-order valence-electron chi connectivity index (χ0n) is 20.2. The highest BCUT2D eigenvalue weighted by atomic mass is 19.4. The molecule has 0 amide bonds. The van der Waals surface area contributed by atoms with E-state index in [9.17, 15) is 28.6 Å². The molecule has 0 saturated carbocycles. The van der Waals surface area contributed by atoms with Gasteiger partial charge in [0.15, 0.2) is 0 Å². The molecule has 2 N–H and O–H groups in total. The minimum absolute atomic E-state index is 0.339. The molecule has 4 aliphatic rings. The second-order valence-corrected chi connectivity index (χ2v) is 11.2. The number of fused-ring (bicyclic) bond motifs is 5. The Morgan fingerprint density at radius 3 is 2.42 bits per heavy atom. The van der Waals surface area contributed by atoms with Crippen molar-refractivity contribution in [3.63, 3.8) is 0 Å². The number of halogens is 3. The molecule has 0 radical (unpaired) electrons. The van der Waals surface area contributed by atoms with Gasteiger partial charge in [0, 0.05) is 43.1 Å². The fourth-order valence-electron chi connectivity index (χ4n) is 6.71. The van der Waals surface area contributed by atoms with Crippen LogP contribution >= 0.6 is 0 Å². The summed E-state index contributed by atoms with van der Waals surface area (Å²) < 4.78 is 53.9. The van der Waals surface area contributed by atoms with Crippen LogP contribution in [0.1, 0.15) is 115 Å². The van der Waals surface area contributed by atoms with Crippen LogP contribution in [-0.2, 0) is 21.3 Å². The molecule has 9 heteroatoms. The number of ether oxygens (including phenoxy) is 2. The van der Waals surface area contributed by atoms with E-state index in [0.29, 0.717) is 60.6 Å². The predicted octanol–water partition coefficient (Wildman–Crippen LogP) is 5.06. The summed E-state index contributed by atoms with van der Waals surface area (Å²) in [6.07, 6.45) is -5.86. The van der Waals surface area contributed by atoms with Crippen molar-refractivity contribution < 1.29 is 32.9 Å². The van der Waals surface area contributed by atoms with Gasteiger partial charge in [-0.1, -0.05) is 20.8 Å². The molecule has 2 aliphatic carbocycles. The van der Waals surface area contributed by atoms with E-state index in [1.165, 1.54) is 6.07 Å². The summed E-state index contributed by atoms with van der Waals surface area (Å²) in [5, 5.41) is 32.2. The number of aliphatic hydroxyl groups excluding tert-OH is 2. The molecule has 3 heterocycles. The SMILES string of the molecule is CC1c2cc(C(F)(F)F)c(C#N)cc2C2OC3(CCOCC3)c3c4c(nc1c32)[C@H](O)C(C)(C)CC4O. The maximum absolute atomic E-state index is 13.8. The lowest BCUT2D eigenvalue weighted by molar-refractivity contribution is -0.138.